The molecule has 0 aromatic heterocycles. The van der Waals surface area contributed by atoms with E-state index in [0.717, 1.165) is 5.56 Å². The number of hydrogen-bond donors (Lipinski definition) is 1. The van der Waals surface area contributed by atoms with Crippen LogP contribution in [0, 0.1) is 12.7 Å². The fraction of sp³-hybridized carbons (Fsp3) is 0.300. The number of fused-ring (bicyclic) bond motifs is 1. The number of aryl methyl sites for hydroxylation is 1. The summed E-state index contributed by atoms with van der Waals surface area (Å²) < 4.78 is 38.2. The topological polar surface area (TPSA) is 78.8 Å². The number of para-hydroxylation sites is 1. The lowest BCUT2D eigenvalue weighted by Gasteiger charge is -2.24. The molecule has 2 aromatic carbocycles. The Bertz CT molecular complexity index is 1090. The van der Waals surface area contributed by atoms with E-state index in [1.165, 1.54) is 22.7 Å². The number of hydrogen-bond acceptors (Lipinski definition) is 6. The Kier molecular flexibility index (Phi) is 5.35. The molecule has 29 heavy (non-hydrogen) atoms. The molecule has 2 atom stereocenters. The molecule has 2 aliphatic rings. The normalized spacial score (nSPS) is 22.1. The summed E-state index contributed by atoms with van der Waals surface area (Å²) in [5.41, 5.74) is 1.91. The highest BCUT2D eigenvalue weighted by atomic mass is 32.2. The molecule has 0 bridgehead atoms. The molecule has 0 aliphatic carbocycles. The third-order valence-corrected chi connectivity index (χ3v) is 8.03. The van der Waals surface area contributed by atoms with Crippen LogP contribution in [-0.4, -0.2) is 48.8 Å². The van der Waals surface area contributed by atoms with Gasteiger partial charge in [-0.1, -0.05) is 36.0 Å². The van der Waals surface area contributed by atoms with Crippen LogP contribution in [0.15, 0.2) is 53.5 Å². The lowest BCUT2D eigenvalue weighted by molar-refractivity contribution is -0.114. The summed E-state index contributed by atoms with van der Waals surface area (Å²) in [5, 5.41) is 3.11. The minimum absolute atomic E-state index is 0.00519. The molecule has 152 valence electrons. The van der Waals surface area contributed by atoms with Gasteiger partial charge in [0.25, 0.3) is 0 Å². The molecule has 9 heteroatoms. The van der Waals surface area contributed by atoms with Gasteiger partial charge in [-0.15, -0.1) is 0 Å². The van der Waals surface area contributed by atoms with Crippen LogP contribution in [0.25, 0.3) is 0 Å². The molecule has 1 amide bonds. The predicted molar refractivity (Wildman–Crippen MR) is 115 cm³/mol. The van der Waals surface area contributed by atoms with Gasteiger partial charge in [0.1, 0.15) is 12.4 Å². The van der Waals surface area contributed by atoms with E-state index in [9.17, 15) is 17.6 Å². The molecule has 0 radical (unpaired) electrons. The maximum Gasteiger partial charge on any atom is 0.244 e. The van der Waals surface area contributed by atoms with Crippen LogP contribution < -0.4 is 10.2 Å². The number of nitrogens with one attached hydrogen (secondary N) is 1. The average Bonchev–Trinajstić information content (AvgIpc) is 3.14. The zero-order valence-corrected chi connectivity index (χ0v) is 17.3. The van der Waals surface area contributed by atoms with Crippen molar-refractivity contribution in [1.29, 1.82) is 0 Å². The van der Waals surface area contributed by atoms with E-state index in [1.54, 1.807) is 24.3 Å². The van der Waals surface area contributed by atoms with E-state index in [2.05, 4.69) is 10.3 Å². The number of nitrogens with zero attached hydrogens (tertiary/aromatic N) is 2. The molecule has 0 saturated carbocycles. The lowest BCUT2D eigenvalue weighted by atomic mass is 10.2. The largest absolute Gasteiger partial charge is 0.325 e. The lowest BCUT2D eigenvalue weighted by Crippen LogP contribution is -2.37. The summed E-state index contributed by atoms with van der Waals surface area (Å²) in [4.78, 5) is 18.7. The van der Waals surface area contributed by atoms with Gasteiger partial charge in [-0.05, 0) is 36.8 Å². The van der Waals surface area contributed by atoms with Crippen LogP contribution in [0.2, 0.25) is 0 Å². The van der Waals surface area contributed by atoms with Gasteiger partial charge >= 0.3 is 0 Å². The number of carbonyl (C=O) groups is 1. The first-order valence-electron chi connectivity index (χ1n) is 9.14. The molecule has 1 fully saturated rings. The van der Waals surface area contributed by atoms with E-state index in [0.29, 0.717) is 10.9 Å². The second kappa shape index (κ2) is 7.79. The van der Waals surface area contributed by atoms with Crippen LogP contribution in [0.5, 0.6) is 0 Å². The number of halogens is 1. The summed E-state index contributed by atoms with van der Waals surface area (Å²) >= 11 is 1.30. The van der Waals surface area contributed by atoms with Crippen molar-refractivity contribution in [3.8, 4) is 0 Å². The van der Waals surface area contributed by atoms with Gasteiger partial charge in [0.15, 0.2) is 15.0 Å². The van der Waals surface area contributed by atoms with Gasteiger partial charge in [-0.25, -0.2) is 12.8 Å². The third-order valence-electron chi connectivity index (χ3n) is 4.78. The Morgan fingerprint density at radius 3 is 2.76 bits per heavy atom. The SMILES string of the molecule is Cc1cccc(NC(=O)CN(C2=N[C@H]3CS(=O)(=O)C[C@@H]3S2)c2ccccc2F)c1. The third kappa shape index (κ3) is 4.45. The second-order valence-corrected chi connectivity index (χ2v) is 10.5. The fourth-order valence-electron chi connectivity index (χ4n) is 3.46. The minimum Gasteiger partial charge on any atom is -0.325 e. The van der Waals surface area contributed by atoms with E-state index in [4.69, 9.17) is 0 Å². The van der Waals surface area contributed by atoms with Crippen LogP contribution >= 0.6 is 11.8 Å². The van der Waals surface area contributed by atoms with Gasteiger partial charge in [-0.3, -0.25) is 9.79 Å². The Morgan fingerprint density at radius 1 is 1.24 bits per heavy atom. The Labute approximate surface area is 173 Å². The second-order valence-electron chi connectivity index (χ2n) is 7.17. The first kappa shape index (κ1) is 19.9. The monoisotopic (exact) mass is 433 g/mol. The van der Waals surface area contributed by atoms with Gasteiger partial charge in [0.2, 0.25) is 5.91 Å². The molecule has 2 aliphatic heterocycles. The first-order chi connectivity index (χ1) is 13.8. The van der Waals surface area contributed by atoms with Gasteiger partial charge in [0, 0.05) is 10.9 Å². The molecule has 0 spiro atoms. The molecule has 2 heterocycles. The average molecular weight is 434 g/mol. The maximum absolute atomic E-state index is 14.5. The van der Waals surface area contributed by atoms with Crippen molar-refractivity contribution < 1.29 is 17.6 Å². The number of amides is 1. The van der Waals surface area contributed by atoms with E-state index in [1.807, 2.05) is 25.1 Å². The van der Waals surface area contributed by atoms with Gasteiger partial charge in [-0.2, -0.15) is 0 Å². The van der Waals surface area contributed by atoms with E-state index in [-0.39, 0.29) is 40.9 Å². The van der Waals surface area contributed by atoms with Crippen molar-refractivity contribution in [2.24, 2.45) is 4.99 Å². The quantitative estimate of drug-likeness (QED) is 0.802. The summed E-state index contributed by atoms with van der Waals surface area (Å²) in [5.74, 6) is -0.735. The number of anilines is 2. The van der Waals surface area contributed by atoms with E-state index >= 15 is 0 Å². The van der Waals surface area contributed by atoms with Crippen molar-refractivity contribution in [2.45, 2.75) is 18.2 Å². The van der Waals surface area contributed by atoms with Gasteiger partial charge < -0.3 is 10.2 Å². The molecule has 2 aromatic rings. The number of rotatable bonds is 4. The van der Waals surface area contributed by atoms with Crippen molar-refractivity contribution in [1.82, 2.24) is 0 Å². The number of thioether (sulfide) groups is 1. The van der Waals surface area contributed by atoms with Crippen molar-refractivity contribution in [2.75, 3.05) is 28.3 Å². The summed E-state index contributed by atoms with van der Waals surface area (Å²) in [6, 6.07) is 13.2. The molecule has 1 N–H and O–H groups in total. The maximum atomic E-state index is 14.5. The zero-order valence-electron chi connectivity index (χ0n) is 15.7. The Balaban J connectivity index is 1.59. The molecule has 1 saturated heterocycles. The van der Waals surface area contributed by atoms with Gasteiger partial charge in [0.05, 0.1) is 23.2 Å². The highest BCUT2D eigenvalue weighted by Gasteiger charge is 2.44. The fourth-order valence-corrected chi connectivity index (χ4v) is 7.24. The number of sulfone groups is 1. The predicted octanol–water partition coefficient (Wildman–Crippen LogP) is 2.85. The molecular weight excluding hydrogens is 413 g/mol. The number of aliphatic imine (C=N–C) groups is 1. The number of carbonyl (C=O) groups excluding carboxylic acids is 1. The van der Waals surface area contributed by atoms with Crippen LogP contribution in [0.3, 0.4) is 0 Å². The van der Waals surface area contributed by atoms with Crippen LogP contribution in [0.1, 0.15) is 5.56 Å². The zero-order chi connectivity index (χ0) is 20.6. The minimum atomic E-state index is -3.10. The van der Waals surface area contributed by atoms with Crippen LogP contribution in [-0.2, 0) is 14.6 Å². The highest BCUT2D eigenvalue weighted by molar-refractivity contribution is 8.15. The number of amidine groups is 1. The van der Waals surface area contributed by atoms with Crippen LogP contribution in [0.4, 0.5) is 15.8 Å². The first-order valence-corrected chi connectivity index (χ1v) is 11.8. The molecule has 6 nitrogen and oxygen atoms in total. The summed E-state index contributed by atoms with van der Waals surface area (Å²) in [6.07, 6.45) is 0. The molecule has 0 unspecified atom stereocenters. The summed E-state index contributed by atoms with van der Waals surface area (Å²) in [6.45, 7) is 1.80. The summed E-state index contributed by atoms with van der Waals surface area (Å²) in [7, 11) is -3.10. The standard InChI is InChI=1S/C20H20FN3O3S2/c1-13-5-4-6-14(9-13)22-19(25)10-24(17-8-3-2-7-15(17)21)20-23-16-11-29(26,27)12-18(16)28-20/h2-9,16,18H,10-12H2,1H3,(H,22,25)/t16-,18-/m0/s1. The van der Waals surface area contributed by atoms with E-state index < -0.39 is 15.7 Å². The Morgan fingerprint density at radius 2 is 2.03 bits per heavy atom. The Hall–Kier alpha value is -2.39. The molecule has 4 rings (SSSR count). The van der Waals surface area contributed by atoms with Crippen molar-refractivity contribution >= 4 is 44.0 Å². The smallest absolute Gasteiger partial charge is 0.244 e. The highest BCUT2D eigenvalue weighted by Crippen LogP contribution is 2.37. The number of benzene rings is 2. The molecular formula is C20H20FN3O3S2. The van der Waals surface area contributed by atoms with Crippen molar-refractivity contribution in [3.05, 3.63) is 59.9 Å². The van der Waals surface area contributed by atoms with Crippen molar-refractivity contribution in [3.63, 3.8) is 0 Å².